The van der Waals surface area contributed by atoms with Gasteiger partial charge in [-0.25, -0.2) is 4.98 Å². The van der Waals surface area contributed by atoms with E-state index in [9.17, 15) is 18.0 Å². The molecular weight excluding hydrogens is 213 g/mol. The maximum absolute atomic E-state index is 12.2. The number of halogens is 3. The summed E-state index contributed by atoms with van der Waals surface area (Å²) in [5, 5.41) is 0. The molecule has 0 bridgehead atoms. The fourth-order valence-corrected chi connectivity index (χ4v) is 0.845. The largest absolute Gasteiger partial charge is 0.477 e. The van der Waals surface area contributed by atoms with Crippen LogP contribution in [-0.2, 0) is 6.18 Å². The van der Waals surface area contributed by atoms with Crippen molar-refractivity contribution in [3.8, 4) is 5.88 Å². The van der Waals surface area contributed by atoms with Crippen molar-refractivity contribution in [3.05, 3.63) is 17.6 Å². The molecule has 0 aliphatic carbocycles. The van der Waals surface area contributed by atoms with Gasteiger partial charge in [0.1, 0.15) is 0 Å². The summed E-state index contributed by atoms with van der Waals surface area (Å²) in [5.41, 5.74) is -0.107. The highest BCUT2D eigenvalue weighted by Crippen LogP contribution is 2.27. The van der Waals surface area contributed by atoms with Crippen molar-refractivity contribution in [1.82, 2.24) is 9.97 Å². The van der Waals surface area contributed by atoms with Gasteiger partial charge in [0.15, 0.2) is 6.29 Å². The van der Waals surface area contributed by atoms with Crippen molar-refractivity contribution in [1.29, 1.82) is 0 Å². The first-order valence-electron chi connectivity index (χ1n) is 4.01. The second-order valence-electron chi connectivity index (χ2n) is 2.50. The molecule has 0 unspecified atom stereocenters. The molecule has 0 aromatic carbocycles. The smallest absolute Gasteiger partial charge is 0.451 e. The summed E-state index contributed by atoms with van der Waals surface area (Å²) in [7, 11) is 0. The predicted molar refractivity (Wildman–Crippen MR) is 43.6 cm³/mol. The van der Waals surface area contributed by atoms with Gasteiger partial charge >= 0.3 is 6.18 Å². The first-order valence-corrected chi connectivity index (χ1v) is 4.01. The highest BCUT2D eigenvalue weighted by atomic mass is 19.4. The number of hydrogen-bond donors (Lipinski definition) is 0. The summed E-state index contributed by atoms with van der Waals surface area (Å²) in [4.78, 5) is 16.6. The summed E-state index contributed by atoms with van der Waals surface area (Å²) >= 11 is 0. The zero-order valence-electron chi connectivity index (χ0n) is 7.71. The van der Waals surface area contributed by atoms with E-state index in [1.165, 1.54) is 0 Å². The average molecular weight is 220 g/mol. The minimum Gasteiger partial charge on any atom is -0.477 e. The number of aromatic nitrogens is 2. The molecule has 4 nitrogen and oxygen atoms in total. The van der Waals surface area contributed by atoms with E-state index < -0.39 is 12.0 Å². The van der Waals surface area contributed by atoms with Gasteiger partial charge < -0.3 is 4.74 Å². The average Bonchev–Trinajstić information content (AvgIpc) is 2.17. The molecule has 0 saturated carbocycles. The number of ether oxygens (including phenoxy) is 1. The summed E-state index contributed by atoms with van der Waals surface area (Å²) in [6.45, 7) is 1.69. The minimum atomic E-state index is -4.65. The Balaban J connectivity index is 3.15. The van der Waals surface area contributed by atoms with Crippen molar-refractivity contribution >= 4 is 6.29 Å². The Morgan fingerprint density at radius 1 is 1.53 bits per heavy atom. The second-order valence-corrected chi connectivity index (χ2v) is 2.50. The third-order valence-electron chi connectivity index (χ3n) is 1.44. The molecule has 0 amide bonds. The molecule has 15 heavy (non-hydrogen) atoms. The van der Waals surface area contributed by atoms with E-state index >= 15 is 0 Å². The van der Waals surface area contributed by atoms with E-state index in [1.54, 1.807) is 6.92 Å². The molecule has 0 N–H and O–H groups in total. The van der Waals surface area contributed by atoms with E-state index in [-0.39, 0.29) is 18.1 Å². The Bertz CT molecular complexity index is 365. The summed E-state index contributed by atoms with van der Waals surface area (Å²) in [5.74, 6) is -1.67. The van der Waals surface area contributed by atoms with E-state index in [0.29, 0.717) is 6.29 Å². The molecule has 0 radical (unpaired) electrons. The van der Waals surface area contributed by atoms with Crippen molar-refractivity contribution in [2.24, 2.45) is 0 Å². The van der Waals surface area contributed by atoms with Gasteiger partial charge in [-0.1, -0.05) is 0 Å². The normalized spacial score (nSPS) is 11.2. The Hall–Kier alpha value is -1.66. The molecule has 0 atom stereocenters. The van der Waals surface area contributed by atoms with E-state index in [1.807, 2.05) is 0 Å². The Labute approximate surface area is 83.1 Å². The highest BCUT2D eigenvalue weighted by Gasteiger charge is 2.35. The van der Waals surface area contributed by atoms with Crippen LogP contribution in [0.4, 0.5) is 13.2 Å². The summed E-state index contributed by atoms with van der Waals surface area (Å²) < 4.78 is 41.3. The van der Waals surface area contributed by atoms with Crippen LogP contribution in [0.5, 0.6) is 5.88 Å². The summed E-state index contributed by atoms with van der Waals surface area (Å²) in [6, 6.07) is 0. The van der Waals surface area contributed by atoms with Crippen molar-refractivity contribution in [2.45, 2.75) is 13.1 Å². The standard InChI is InChI=1S/C8H7F3N2O2/c1-2-15-6-5(4-14)3-12-7(13-6)8(9,10)11/h3-4H,2H2,1H3. The van der Waals surface area contributed by atoms with Gasteiger partial charge in [-0.15, -0.1) is 0 Å². The fraction of sp³-hybridized carbons (Fsp3) is 0.375. The number of alkyl halides is 3. The van der Waals surface area contributed by atoms with Crippen LogP contribution in [0, 0.1) is 0 Å². The Kier molecular flexibility index (Phi) is 3.23. The number of carbonyl (C=O) groups is 1. The molecule has 7 heteroatoms. The molecule has 0 fully saturated rings. The van der Waals surface area contributed by atoms with Crippen LogP contribution in [0.3, 0.4) is 0 Å². The maximum Gasteiger partial charge on any atom is 0.451 e. The Morgan fingerprint density at radius 2 is 2.20 bits per heavy atom. The number of carbonyl (C=O) groups excluding carboxylic acids is 1. The zero-order valence-corrected chi connectivity index (χ0v) is 7.71. The minimum absolute atomic E-state index is 0.107. The topological polar surface area (TPSA) is 52.1 Å². The van der Waals surface area contributed by atoms with Gasteiger partial charge in [0.25, 0.3) is 0 Å². The summed E-state index contributed by atoms with van der Waals surface area (Å²) in [6.07, 6.45) is -3.52. The highest BCUT2D eigenvalue weighted by molar-refractivity contribution is 5.77. The quantitative estimate of drug-likeness (QED) is 0.727. The van der Waals surface area contributed by atoms with Gasteiger partial charge in [-0.3, -0.25) is 4.79 Å². The molecule has 0 aliphatic rings. The molecule has 0 aliphatic heterocycles. The van der Waals surface area contributed by atoms with Gasteiger partial charge in [-0.2, -0.15) is 18.2 Å². The molecular formula is C8H7F3N2O2. The lowest BCUT2D eigenvalue weighted by Crippen LogP contribution is -2.13. The van der Waals surface area contributed by atoms with Gasteiger partial charge in [-0.05, 0) is 6.92 Å². The first kappa shape index (κ1) is 11.4. The predicted octanol–water partition coefficient (Wildman–Crippen LogP) is 1.71. The van der Waals surface area contributed by atoms with Crippen LogP contribution in [0.15, 0.2) is 6.20 Å². The fourth-order valence-electron chi connectivity index (χ4n) is 0.845. The van der Waals surface area contributed by atoms with E-state index in [4.69, 9.17) is 4.74 Å². The molecule has 0 spiro atoms. The van der Waals surface area contributed by atoms with Gasteiger partial charge in [0, 0.05) is 6.20 Å². The van der Waals surface area contributed by atoms with Crippen LogP contribution in [0.1, 0.15) is 23.1 Å². The van der Waals surface area contributed by atoms with Crippen molar-refractivity contribution in [2.75, 3.05) is 6.61 Å². The number of nitrogens with zero attached hydrogens (tertiary/aromatic N) is 2. The molecule has 1 heterocycles. The first-order chi connectivity index (χ1) is 6.99. The monoisotopic (exact) mass is 220 g/mol. The lowest BCUT2D eigenvalue weighted by molar-refractivity contribution is -0.145. The van der Waals surface area contributed by atoms with Crippen LogP contribution in [0.2, 0.25) is 0 Å². The van der Waals surface area contributed by atoms with Crippen LogP contribution >= 0.6 is 0 Å². The SMILES string of the molecule is CCOc1nc(C(F)(F)F)ncc1C=O. The zero-order chi connectivity index (χ0) is 11.5. The number of aldehydes is 1. The van der Waals surface area contributed by atoms with Crippen LogP contribution < -0.4 is 4.74 Å². The van der Waals surface area contributed by atoms with E-state index in [0.717, 1.165) is 6.20 Å². The third kappa shape index (κ3) is 2.64. The Morgan fingerprint density at radius 3 is 2.67 bits per heavy atom. The van der Waals surface area contributed by atoms with Crippen molar-refractivity contribution < 1.29 is 22.7 Å². The second kappa shape index (κ2) is 4.24. The lowest BCUT2D eigenvalue weighted by atomic mass is 10.3. The molecule has 0 saturated heterocycles. The number of rotatable bonds is 3. The van der Waals surface area contributed by atoms with E-state index in [2.05, 4.69) is 9.97 Å². The molecule has 1 aromatic rings. The molecule has 1 rings (SSSR count). The molecule has 82 valence electrons. The maximum atomic E-state index is 12.2. The van der Waals surface area contributed by atoms with Crippen LogP contribution in [-0.4, -0.2) is 22.9 Å². The van der Waals surface area contributed by atoms with Crippen molar-refractivity contribution in [3.63, 3.8) is 0 Å². The molecule has 1 aromatic heterocycles. The lowest BCUT2D eigenvalue weighted by Gasteiger charge is -2.08. The third-order valence-corrected chi connectivity index (χ3v) is 1.44. The number of hydrogen-bond acceptors (Lipinski definition) is 4. The van der Waals surface area contributed by atoms with Crippen LogP contribution in [0.25, 0.3) is 0 Å². The van der Waals surface area contributed by atoms with Gasteiger partial charge in [0.05, 0.1) is 12.2 Å². The van der Waals surface area contributed by atoms with Gasteiger partial charge in [0.2, 0.25) is 11.7 Å².